The van der Waals surface area contributed by atoms with E-state index < -0.39 is 0 Å². The number of hydrogen-bond acceptors (Lipinski definition) is 6. The maximum absolute atomic E-state index is 13.4. The molecule has 1 aliphatic heterocycles. The Morgan fingerprint density at radius 2 is 1.82 bits per heavy atom. The van der Waals surface area contributed by atoms with Crippen molar-refractivity contribution >= 4 is 34.3 Å². The Balaban J connectivity index is 1.42. The molecule has 1 unspecified atom stereocenters. The third kappa shape index (κ3) is 4.29. The van der Waals surface area contributed by atoms with E-state index in [1.807, 2.05) is 55.5 Å². The van der Waals surface area contributed by atoms with Crippen LogP contribution in [0.25, 0.3) is 10.9 Å². The molecular weight excluding hydrogens is 438 g/mol. The molecule has 8 heteroatoms. The largest absolute Gasteiger partial charge is 0.454 e. The number of fused-ring (bicyclic) bond motifs is 2. The maximum atomic E-state index is 13.4. The van der Waals surface area contributed by atoms with Gasteiger partial charge in [-0.15, -0.1) is 0 Å². The van der Waals surface area contributed by atoms with Gasteiger partial charge >= 0.3 is 0 Å². The summed E-state index contributed by atoms with van der Waals surface area (Å²) in [4.78, 5) is 30.8. The fourth-order valence-electron chi connectivity index (χ4n) is 3.75. The predicted octanol–water partition coefficient (Wildman–Crippen LogP) is 4.47. The average molecular weight is 460 g/mol. The summed E-state index contributed by atoms with van der Waals surface area (Å²) in [6, 6.07) is 22.1. The number of nitrogens with zero attached hydrogens (tertiary/aromatic N) is 2. The topological polar surface area (TPSA) is 82.5 Å². The Morgan fingerprint density at radius 3 is 2.67 bits per heavy atom. The summed E-state index contributed by atoms with van der Waals surface area (Å²) in [5, 5.41) is 3.91. The van der Waals surface area contributed by atoms with Crippen LogP contribution < -0.4 is 20.3 Å². The summed E-state index contributed by atoms with van der Waals surface area (Å²) in [5.74, 6) is 1.14. The van der Waals surface area contributed by atoms with Gasteiger partial charge in [-0.25, -0.2) is 4.98 Å². The van der Waals surface area contributed by atoms with Gasteiger partial charge in [-0.3, -0.25) is 14.2 Å². The van der Waals surface area contributed by atoms with E-state index in [9.17, 15) is 9.59 Å². The fraction of sp³-hybridized carbons (Fsp3) is 0.160. The first-order valence-corrected chi connectivity index (χ1v) is 11.5. The Kier molecular flexibility index (Phi) is 5.75. The third-order valence-electron chi connectivity index (χ3n) is 5.43. The van der Waals surface area contributed by atoms with Crippen molar-refractivity contribution < 1.29 is 14.3 Å². The summed E-state index contributed by atoms with van der Waals surface area (Å²) in [6.45, 7) is 2.14. The molecule has 4 aromatic rings. The van der Waals surface area contributed by atoms with Crippen molar-refractivity contribution in [1.82, 2.24) is 9.55 Å². The zero-order valence-electron chi connectivity index (χ0n) is 17.9. The molecule has 1 amide bonds. The fourth-order valence-corrected chi connectivity index (χ4v) is 4.63. The molecule has 1 atom stereocenters. The maximum Gasteiger partial charge on any atom is 0.262 e. The van der Waals surface area contributed by atoms with Crippen molar-refractivity contribution in [3.05, 3.63) is 88.7 Å². The van der Waals surface area contributed by atoms with Gasteiger partial charge in [0.15, 0.2) is 16.7 Å². The molecule has 0 radical (unpaired) electrons. The molecule has 0 saturated carbocycles. The van der Waals surface area contributed by atoms with Gasteiger partial charge in [0.05, 0.1) is 22.7 Å². The minimum Gasteiger partial charge on any atom is -0.454 e. The normalized spacial score (nSPS) is 13.1. The van der Waals surface area contributed by atoms with Crippen LogP contribution in [0.3, 0.4) is 0 Å². The van der Waals surface area contributed by atoms with Crippen molar-refractivity contribution in [1.29, 1.82) is 0 Å². The first-order valence-electron chi connectivity index (χ1n) is 10.5. The second kappa shape index (κ2) is 8.99. The summed E-state index contributed by atoms with van der Waals surface area (Å²) >= 11 is 1.24. The number of benzene rings is 3. The smallest absolute Gasteiger partial charge is 0.262 e. The first-order chi connectivity index (χ1) is 16.1. The molecule has 0 fully saturated rings. The summed E-state index contributed by atoms with van der Waals surface area (Å²) in [5.41, 5.74) is 2.09. The summed E-state index contributed by atoms with van der Waals surface area (Å²) in [7, 11) is 0. The first kappa shape index (κ1) is 21.1. The van der Waals surface area contributed by atoms with Crippen molar-refractivity contribution in [3.8, 4) is 11.5 Å². The number of thioether (sulfide) groups is 1. The SMILES string of the molecule is CC(c1ccccc1)n1c(SCC(=O)Nc2ccc3c(c2)OCO3)nc2ccccc2c1=O. The number of amides is 1. The van der Waals surface area contributed by atoms with Crippen LogP contribution in [0.15, 0.2) is 82.7 Å². The van der Waals surface area contributed by atoms with Crippen molar-refractivity contribution in [2.24, 2.45) is 0 Å². The Bertz CT molecular complexity index is 1390. The van der Waals surface area contributed by atoms with Crippen LogP contribution in [-0.4, -0.2) is 28.0 Å². The second-order valence-corrected chi connectivity index (χ2v) is 8.52. The van der Waals surface area contributed by atoms with Crippen LogP contribution in [0.2, 0.25) is 0 Å². The monoisotopic (exact) mass is 459 g/mol. The molecule has 0 aliphatic carbocycles. The van der Waals surface area contributed by atoms with Crippen LogP contribution in [0.4, 0.5) is 5.69 Å². The van der Waals surface area contributed by atoms with Gasteiger partial charge in [-0.2, -0.15) is 0 Å². The van der Waals surface area contributed by atoms with Crippen molar-refractivity contribution in [2.75, 3.05) is 17.9 Å². The van der Waals surface area contributed by atoms with E-state index >= 15 is 0 Å². The lowest BCUT2D eigenvalue weighted by atomic mass is 10.1. The Morgan fingerprint density at radius 1 is 1.06 bits per heavy atom. The van der Waals surface area contributed by atoms with E-state index in [0.29, 0.717) is 33.2 Å². The standard InChI is InChI=1S/C25H21N3O4S/c1-16(17-7-3-2-4-8-17)28-24(30)19-9-5-6-10-20(19)27-25(28)33-14-23(29)26-18-11-12-21-22(13-18)32-15-31-21/h2-13,16H,14-15H2,1H3,(H,26,29). The Labute approximate surface area is 194 Å². The average Bonchev–Trinajstić information content (AvgIpc) is 3.31. The van der Waals surface area contributed by atoms with E-state index in [1.54, 1.807) is 28.8 Å². The van der Waals surface area contributed by atoms with E-state index in [2.05, 4.69) is 5.32 Å². The minimum absolute atomic E-state index is 0.0979. The van der Waals surface area contributed by atoms with Gasteiger partial charge in [-0.1, -0.05) is 54.2 Å². The highest BCUT2D eigenvalue weighted by Crippen LogP contribution is 2.34. The molecule has 166 valence electrons. The van der Waals surface area contributed by atoms with E-state index in [1.165, 1.54) is 11.8 Å². The summed E-state index contributed by atoms with van der Waals surface area (Å²) < 4.78 is 12.3. The lowest BCUT2D eigenvalue weighted by Crippen LogP contribution is -2.27. The van der Waals surface area contributed by atoms with Gasteiger partial charge in [0.25, 0.3) is 5.56 Å². The van der Waals surface area contributed by atoms with Gasteiger partial charge in [-0.05, 0) is 36.8 Å². The number of aromatic nitrogens is 2. The van der Waals surface area contributed by atoms with Gasteiger partial charge in [0, 0.05) is 11.8 Å². The molecule has 1 aromatic heterocycles. The number of nitrogens with one attached hydrogen (secondary N) is 1. The lowest BCUT2D eigenvalue weighted by Gasteiger charge is -2.20. The van der Waals surface area contributed by atoms with Gasteiger partial charge < -0.3 is 14.8 Å². The highest BCUT2D eigenvalue weighted by Gasteiger charge is 2.19. The third-order valence-corrected chi connectivity index (χ3v) is 6.39. The van der Waals surface area contributed by atoms with Crippen LogP contribution in [0.5, 0.6) is 11.5 Å². The molecule has 3 aromatic carbocycles. The molecular formula is C25H21N3O4S. The van der Waals surface area contributed by atoms with Gasteiger partial charge in [0.1, 0.15) is 0 Å². The van der Waals surface area contributed by atoms with Crippen LogP contribution >= 0.6 is 11.8 Å². The number of rotatable bonds is 6. The molecule has 5 rings (SSSR count). The molecule has 0 spiro atoms. The second-order valence-electron chi connectivity index (χ2n) is 7.58. The molecule has 0 saturated heterocycles. The predicted molar refractivity (Wildman–Crippen MR) is 128 cm³/mol. The lowest BCUT2D eigenvalue weighted by molar-refractivity contribution is -0.113. The zero-order chi connectivity index (χ0) is 22.8. The quantitative estimate of drug-likeness (QED) is 0.339. The highest BCUT2D eigenvalue weighted by molar-refractivity contribution is 7.99. The molecule has 1 aliphatic rings. The Hall–Kier alpha value is -3.78. The van der Waals surface area contributed by atoms with E-state index in [4.69, 9.17) is 14.5 Å². The van der Waals surface area contributed by atoms with Crippen LogP contribution in [0.1, 0.15) is 18.5 Å². The molecule has 1 N–H and O–H groups in total. The van der Waals surface area contributed by atoms with Gasteiger partial charge in [0.2, 0.25) is 12.7 Å². The zero-order valence-corrected chi connectivity index (χ0v) is 18.7. The number of ether oxygens (including phenoxy) is 2. The molecule has 2 heterocycles. The van der Waals surface area contributed by atoms with E-state index in [-0.39, 0.29) is 30.1 Å². The number of anilines is 1. The number of hydrogen-bond donors (Lipinski definition) is 1. The van der Waals surface area contributed by atoms with Crippen LogP contribution in [0, 0.1) is 0 Å². The number of carbonyl (C=O) groups excluding carboxylic acids is 1. The van der Waals surface area contributed by atoms with Crippen molar-refractivity contribution in [2.45, 2.75) is 18.1 Å². The minimum atomic E-state index is -0.241. The molecule has 0 bridgehead atoms. The van der Waals surface area contributed by atoms with Crippen molar-refractivity contribution in [3.63, 3.8) is 0 Å². The number of carbonyl (C=O) groups is 1. The number of para-hydroxylation sites is 1. The molecule has 33 heavy (non-hydrogen) atoms. The summed E-state index contributed by atoms with van der Waals surface area (Å²) in [6.07, 6.45) is 0. The molecule has 7 nitrogen and oxygen atoms in total. The van der Waals surface area contributed by atoms with Crippen LogP contribution in [-0.2, 0) is 4.79 Å². The highest BCUT2D eigenvalue weighted by atomic mass is 32.2. The van der Waals surface area contributed by atoms with E-state index in [0.717, 1.165) is 5.56 Å².